The van der Waals surface area contributed by atoms with Crippen LogP contribution in [0.4, 0.5) is 4.79 Å². The molecule has 2 rings (SSSR count). The number of carbonyl (C=O) groups is 1. The van der Waals surface area contributed by atoms with Gasteiger partial charge in [0.05, 0.1) is 5.69 Å². The van der Waals surface area contributed by atoms with Crippen molar-refractivity contribution in [3.05, 3.63) is 23.9 Å². The number of pyridine rings is 1. The number of nitrogens with zero attached hydrogens (tertiary/aromatic N) is 2. The zero-order chi connectivity index (χ0) is 16.2. The normalized spacial score (nSPS) is 16.5. The molecule has 1 saturated heterocycles. The van der Waals surface area contributed by atoms with Crippen molar-refractivity contribution in [2.45, 2.75) is 51.9 Å². The van der Waals surface area contributed by atoms with Crippen LogP contribution in [0.5, 0.6) is 5.88 Å². The second kappa shape index (κ2) is 6.96. The first-order chi connectivity index (χ1) is 10.4. The lowest BCUT2D eigenvalue weighted by molar-refractivity contribution is 0.0123. The maximum Gasteiger partial charge on any atom is 0.410 e. The van der Waals surface area contributed by atoms with Gasteiger partial charge in [-0.15, -0.1) is 0 Å². The molecule has 2 N–H and O–H groups in total. The van der Waals surface area contributed by atoms with E-state index >= 15 is 0 Å². The van der Waals surface area contributed by atoms with Gasteiger partial charge < -0.3 is 20.1 Å². The van der Waals surface area contributed by atoms with Gasteiger partial charge in [-0.1, -0.05) is 6.07 Å². The lowest BCUT2D eigenvalue weighted by atomic mass is 10.1. The first-order valence-electron chi connectivity index (χ1n) is 7.68. The lowest BCUT2D eigenvalue weighted by Gasteiger charge is -2.33. The molecule has 0 atom stereocenters. The van der Waals surface area contributed by atoms with E-state index in [0.29, 0.717) is 25.5 Å². The van der Waals surface area contributed by atoms with Crippen LogP contribution < -0.4 is 10.5 Å². The molecule has 6 heteroatoms. The van der Waals surface area contributed by atoms with E-state index in [0.717, 1.165) is 18.5 Å². The lowest BCUT2D eigenvalue weighted by Crippen LogP contribution is -2.44. The Balaban J connectivity index is 1.83. The van der Waals surface area contributed by atoms with Crippen LogP contribution in [0, 0.1) is 0 Å². The Morgan fingerprint density at radius 2 is 2.05 bits per heavy atom. The Bertz CT molecular complexity index is 506. The fraction of sp³-hybridized carbons (Fsp3) is 0.625. The van der Waals surface area contributed by atoms with Crippen molar-refractivity contribution in [1.82, 2.24) is 9.88 Å². The van der Waals surface area contributed by atoms with Crippen LogP contribution >= 0.6 is 0 Å². The van der Waals surface area contributed by atoms with Crippen molar-refractivity contribution < 1.29 is 14.3 Å². The van der Waals surface area contributed by atoms with Crippen LogP contribution in [0.15, 0.2) is 18.2 Å². The van der Waals surface area contributed by atoms with Crippen LogP contribution in [0.3, 0.4) is 0 Å². The largest absolute Gasteiger partial charge is 0.474 e. The summed E-state index contributed by atoms with van der Waals surface area (Å²) in [5.74, 6) is 0.596. The van der Waals surface area contributed by atoms with Gasteiger partial charge in [-0.25, -0.2) is 9.78 Å². The Morgan fingerprint density at radius 1 is 1.36 bits per heavy atom. The van der Waals surface area contributed by atoms with Gasteiger partial charge in [0, 0.05) is 38.5 Å². The Labute approximate surface area is 131 Å². The third-order valence-corrected chi connectivity index (χ3v) is 3.37. The van der Waals surface area contributed by atoms with Crippen LogP contribution in [0.2, 0.25) is 0 Å². The summed E-state index contributed by atoms with van der Waals surface area (Å²) in [6.07, 6.45) is 1.36. The molecule has 0 radical (unpaired) electrons. The van der Waals surface area contributed by atoms with E-state index in [9.17, 15) is 4.79 Å². The Kier molecular flexibility index (Phi) is 5.24. The maximum absolute atomic E-state index is 12.0. The van der Waals surface area contributed by atoms with E-state index < -0.39 is 5.60 Å². The van der Waals surface area contributed by atoms with Gasteiger partial charge >= 0.3 is 6.09 Å². The molecule has 1 aromatic heterocycles. The van der Waals surface area contributed by atoms with Crippen LogP contribution in [-0.2, 0) is 11.3 Å². The van der Waals surface area contributed by atoms with Crippen molar-refractivity contribution >= 4 is 6.09 Å². The van der Waals surface area contributed by atoms with Gasteiger partial charge in [0.2, 0.25) is 5.88 Å². The highest BCUT2D eigenvalue weighted by Crippen LogP contribution is 2.19. The van der Waals surface area contributed by atoms with Gasteiger partial charge in [0.25, 0.3) is 0 Å². The molecular weight excluding hydrogens is 282 g/mol. The molecule has 0 unspecified atom stereocenters. The summed E-state index contributed by atoms with van der Waals surface area (Å²) in [7, 11) is 0. The van der Waals surface area contributed by atoms with Crippen LogP contribution in [0.1, 0.15) is 39.3 Å². The Morgan fingerprint density at radius 3 is 2.64 bits per heavy atom. The van der Waals surface area contributed by atoms with Crippen molar-refractivity contribution in [3.8, 4) is 5.88 Å². The molecule has 0 aromatic carbocycles. The van der Waals surface area contributed by atoms with Crippen molar-refractivity contribution in [2.24, 2.45) is 5.73 Å². The first-order valence-corrected chi connectivity index (χ1v) is 7.68. The van der Waals surface area contributed by atoms with Gasteiger partial charge in [-0.05, 0) is 26.8 Å². The number of piperidine rings is 1. The number of ether oxygens (including phenoxy) is 2. The highest BCUT2D eigenvalue weighted by atomic mass is 16.6. The van der Waals surface area contributed by atoms with E-state index in [1.807, 2.05) is 39.0 Å². The van der Waals surface area contributed by atoms with Crippen LogP contribution in [-0.4, -0.2) is 40.8 Å². The first kappa shape index (κ1) is 16.5. The minimum atomic E-state index is -0.461. The number of aromatic nitrogens is 1. The molecule has 22 heavy (non-hydrogen) atoms. The van der Waals surface area contributed by atoms with Crippen molar-refractivity contribution in [1.29, 1.82) is 0 Å². The molecule has 0 bridgehead atoms. The standard InChI is InChI=1S/C16H25N3O3/c1-16(2,3)22-15(20)19-9-7-13(8-10-19)21-14-6-4-5-12(11-17)18-14/h4-6,13H,7-11,17H2,1-3H3. The second-order valence-electron chi connectivity index (χ2n) is 6.46. The summed E-state index contributed by atoms with van der Waals surface area (Å²) >= 11 is 0. The Hall–Kier alpha value is -1.82. The van der Waals surface area contributed by atoms with E-state index in [4.69, 9.17) is 15.2 Å². The predicted molar refractivity (Wildman–Crippen MR) is 83.6 cm³/mol. The van der Waals surface area contributed by atoms with Crippen LogP contribution in [0.25, 0.3) is 0 Å². The summed E-state index contributed by atoms with van der Waals surface area (Å²) in [5.41, 5.74) is 5.93. The third-order valence-electron chi connectivity index (χ3n) is 3.37. The zero-order valence-corrected chi connectivity index (χ0v) is 13.5. The molecule has 0 aliphatic carbocycles. The average molecular weight is 307 g/mol. The molecule has 2 heterocycles. The summed E-state index contributed by atoms with van der Waals surface area (Å²) in [4.78, 5) is 18.1. The molecule has 1 aliphatic rings. The van der Waals surface area contributed by atoms with Gasteiger partial charge in [-0.3, -0.25) is 0 Å². The van der Waals surface area contributed by atoms with E-state index in [1.54, 1.807) is 4.90 Å². The molecule has 122 valence electrons. The molecule has 1 amide bonds. The zero-order valence-electron chi connectivity index (χ0n) is 13.5. The average Bonchev–Trinajstić information content (AvgIpc) is 2.46. The van der Waals surface area contributed by atoms with Gasteiger partial charge in [-0.2, -0.15) is 0 Å². The van der Waals surface area contributed by atoms with Gasteiger partial charge in [0.1, 0.15) is 11.7 Å². The summed E-state index contributed by atoms with van der Waals surface area (Å²) in [6.45, 7) is 7.28. The molecule has 1 aliphatic heterocycles. The fourth-order valence-corrected chi connectivity index (χ4v) is 2.29. The number of hydrogen-bond acceptors (Lipinski definition) is 5. The minimum absolute atomic E-state index is 0.0687. The molecule has 1 aromatic rings. The molecule has 0 saturated carbocycles. The van der Waals surface area contributed by atoms with Crippen molar-refractivity contribution in [2.75, 3.05) is 13.1 Å². The number of rotatable bonds is 3. The van der Waals surface area contributed by atoms with Crippen molar-refractivity contribution in [3.63, 3.8) is 0 Å². The third kappa shape index (κ3) is 4.87. The molecular formula is C16H25N3O3. The maximum atomic E-state index is 12.0. The van der Waals surface area contributed by atoms with Gasteiger partial charge in [0.15, 0.2) is 0 Å². The highest BCUT2D eigenvalue weighted by Gasteiger charge is 2.27. The highest BCUT2D eigenvalue weighted by molar-refractivity contribution is 5.68. The monoisotopic (exact) mass is 307 g/mol. The number of likely N-dealkylation sites (tertiary alicyclic amines) is 1. The molecule has 1 fully saturated rings. The number of amides is 1. The number of carbonyl (C=O) groups excluding carboxylic acids is 1. The smallest absolute Gasteiger partial charge is 0.410 e. The minimum Gasteiger partial charge on any atom is -0.474 e. The quantitative estimate of drug-likeness (QED) is 0.927. The SMILES string of the molecule is CC(C)(C)OC(=O)N1CCC(Oc2cccc(CN)n2)CC1. The summed E-state index contributed by atoms with van der Waals surface area (Å²) < 4.78 is 11.3. The van der Waals surface area contributed by atoms with E-state index in [2.05, 4.69) is 4.98 Å². The predicted octanol–water partition coefficient (Wildman–Crippen LogP) is 2.32. The molecule has 0 spiro atoms. The summed E-state index contributed by atoms with van der Waals surface area (Å²) in [5, 5.41) is 0. The topological polar surface area (TPSA) is 77.7 Å². The second-order valence-corrected chi connectivity index (χ2v) is 6.46. The molecule has 6 nitrogen and oxygen atoms in total. The number of hydrogen-bond donors (Lipinski definition) is 1. The van der Waals surface area contributed by atoms with E-state index in [-0.39, 0.29) is 12.2 Å². The fourth-order valence-electron chi connectivity index (χ4n) is 2.29. The summed E-state index contributed by atoms with van der Waals surface area (Å²) in [6, 6.07) is 5.59. The van der Waals surface area contributed by atoms with E-state index in [1.165, 1.54) is 0 Å². The number of nitrogens with two attached hydrogens (primary N) is 1.